The van der Waals surface area contributed by atoms with Gasteiger partial charge in [0.2, 0.25) is 6.79 Å². The number of halogens is 1. The first-order chi connectivity index (χ1) is 9.47. The Balaban J connectivity index is 2.03. The average Bonchev–Trinajstić information content (AvgIpc) is 2.70. The third-order valence-corrected chi connectivity index (χ3v) is 3.07. The fraction of sp³-hybridized carbons (Fsp3) is 0.400. The second kappa shape index (κ2) is 6.19. The van der Waals surface area contributed by atoms with Gasteiger partial charge in [-0.3, -0.25) is 4.57 Å². The van der Waals surface area contributed by atoms with Crippen LogP contribution in [0.4, 0.5) is 10.2 Å². The fourth-order valence-corrected chi connectivity index (χ4v) is 2.01. The topological polar surface area (TPSA) is 119 Å². The lowest BCUT2D eigenvalue weighted by atomic mass is 10.2. The molecule has 1 aliphatic carbocycles. The van der Waals surface area contributed by atoms with E-state index in [9.17, 15) is 18.6 Å². The van der Waals surface area contributed by atoms with Gasteiger partial charge in [0, 0.05) is 12.6 Å². The first-order valence-electron chi connectivity index (χ1n) is 5.58. The summed E-state index contributed by atoms with van der Waals surface area (Å²) in [7, 11) is -3.04. The molecule has 2 rings (SSSR count). The largest absolute Gasteiger partial charge is 0.566 e. The highest BCUT2D eigenvalue weighted by molar-refractivity contribution is 7.30. The summed E-state index contributed by atoms with van der Waals surface area (Å²) in [4.78, 5) is 25.3. The van der Waals surface area contributed by atoms with Gasteiger partial charge in [-0.05, 0) is 16.7 Å². The van der Waals surface area contributed by atoms with Crippen LogP contribution in [0.25, 0.3) is 0 Å². The number of aromatic nitrogens is 2. The molecule has 1 aliphatic rings. The Kier molecular flexibility index (Phi) is 4.56. The van der Waals surface area contributed by atoms with Gasteiger partial charge in [0.1, 0.15) is 17.7 Å². The first-order valence-corrected chi connectivity index (χ1v) is 6.67. The molecule has 10 heteroatoms. The lowest BCUT2D eigenvalue weighted by Crippen LogP contribution is -2.26. The zero-order valence-corrected chi connectivity index (χ0v) is 11.0. The molecule has 0 fully saturated rings. The Morgan fingerprint density at radius 3 is 3.05 bits per heavy atom. The summed E-state index contributed by atoms with van der Waals surface area (Å²) in [6, 6.07) is 0.855. The number of nitrogens with two attached hydrogens (primary N) is 1. The summed E-state index contributed by atoms with van der Waals surface area (Å²) in [5.41, 5.74) is 4.76. The number of nitrogen functional groups attached to an aromatic ring is 1. The normalized spacial score (nSPS) is 22.7. The van der Waals surface area contributed by atoms with Crippen LogP contribution in [0, 0.1) is 0 Å². The van der Waals surface area contributed by atoms with Crippen molar-refractivity contribution < 1.29 is 23.1 Å². The van der Waals surface area contributed by atoms with Crippen LogP contribution in [0.15, 0.2) is 29.0 Å². The lowest BCUT2D eigenvalue weighted by molar-refractivity contribution is -0.195. The van der Waals surface area contributed by atoms with Crippen molar-refractivity contribution in [1.29, 1.82) is 0 Å². The van der Waals surface area contributed by atoms with Crippen molar-refractivity contribution in [3.8, 4) is 0 Å². The molecule has 0 amide bonds. The molecule has 8 nitrogen and oxygen atoms in total. The van der Waals surface area contributed by atoms with E-state index in [1.807, 2.05) is 0 Å². The number of hydrogen-bond acceptors (Lipinski definition) is 7. The number of nitrogens with zero attached hydrogens (tertiary/aromatic N) is 2. The van der Waals surface area contributed by atoms with E-state index in [4.69, 9.17) is 10.5 Å². The zero-order chi connectivity index (χ0) is 14.7. The number of hydrogen-bond donors (Lipinski definition) is 1. The molecule has 0 aliphatic heterocycles. The Hall–Kier alpha value is -1.67. The van der Waals surface area contributed by atoms with E-state index < -0.39 is 38.7 Å². The fourth-order valence-electron chi connectivity index (χ4n) is 1.87. The van der Waals surface area contributed by atoms with Gasteiger partial charge in [-0.1, -0.05) is 0 Å². The van der Waals surface area contributed by atoms with Crippen LogP contribution in [0.1, 0.15) is 12.5 Å². The molecule has 2 N–H and O–H groups in total. The van der Waals surface area contributed by atoms with E-state index in [0.717, 1.165) is 0 Å². The Labute approximate surface area is 113 Å². The summed E-state index contributed by atoms with van der Waals surface area (Å²) in [6.07, 6.45) is 1.80. The Morgan fingerprint density at radius 2 is 2.40 bits per heavy atom. The van der Waals surface area contributed by atoms with Crippen LogP contribution in [-0.2, 0) is 13.8 Å². The van der Waals surface area contributed by atoms with Crippen LogP contribution in [0.2, 0.25) is 0 Å². The van der Waals surface area contributed by atoms with Gasteiger partial charge in [-0.2, -0.15) is 4.98 Å². The van der Waals surface area contributed by atoms with Crippen LogP contribution in [-0.4, -0.2) is 22.4 Å². The minimum Gasteiger partial charge on any atom is -0.566 e. The molecule has 1 aromatic rings. The van der Waals surface area contributed by atoms with Gasteiger partial charge in [0.15, 0.2) is 0 Å². The van der Waals surface area contributed by atoms with Gasteiger partial charge < -0.3 is 15.4 Å². The summed E-state index contributed by atoms with van der Waals surface area (Å²) >= 11 is 0. The highest BCUT2D eigenvalue weighted by Gasteiger charge is 2.29. The maximum atomic E-state index is 13.6. The highest BCUT2D eigenvalue weighted by atomic mass is 31.1. The molecule has 3 atom stereocenters. The predicted molar refractivity (Wildman–Crippen MR) is 64.2 cm³/mol. The second-order valence-electron chi connectivity index (χ2n) is 4.02. The minimum atomic E-state index is -3.04. The van der Waals surface area contributed by atoms with Crippen molar-refractivity contribution in [2.24, 2.45) is 0 Å². The zero-order valence-electron chi connectivity index (χ0n) is 10.1. The van der Waals surface area contributed by atoms with Crippen LogP contribution < -0.4 is 16.3 Å². The SMILES string of the molecule is Nc1ccn(C2C=C(F)C(OCO[P+](=O)[O-])C2)c(=O)n1. The molecule has 0 spiro atoms. The van der Waals surface area contributed by atoms with E-state index in [-0.39, 0.29) is 12.2 Å². The van der Waals surface area contributed by atoms with Crippen molar-refractivity contribution in [2.75, 3.05) is 12.5 Å². The van der Waals surface area contributed by atoms with Crippen molar-refractivity contribution in [1.82, 2.24) is 9.55 Å². The monoisotopic (exact) mass is 303 g/mol. The smallest absolute Gasteiger partial charge is 0.490 e. The maximum absolute atomic E-state index is 13.6. The first kappa shape index (κ1) is 14.7. The molecule has 0 saturated heterocycles. The molecule has 108 valence electrons. The van der Waals surface area contributed by atoms with Crippen LogP contribution >= 0.6 is 8.25 Å². The van der Waals surface area contributed by atoms with Crippen LogP contribution in [0.3, 0.4) is 0 Å². The minimum absolute atomic E-state index is 0.0779. The number of allylic oxidation sites excluding steroid dienone is 1. The van der Waals surface area contributed by atoms with E-state index in [2.05, 4.69) is 9.51 Å². The standard InChI is InChI=1S/C10H11FN3O5P/c11-7-3-6(4-8(7)18-5-19-20(16)17)14-2-1-9(12)13-10(14)15/h1-3,6,8H,4-5H2,(H2,12,13,15). The molecule has 0 aromatic carbocycles. The van der Waals surface area contributed by atoms with Crippen molar-refractivity contribution in [2.45, 2.75) is 18.6 Å². The maximum Gasteiger partial charge on any atom is 0.490 e. The summed E-state index contributed by atoms with van der Waals surface area (Å²) in [5.74, 6) is -0.516. The molecule has 0 radical (unpaired) electrons. The molecule has 3 unspecified atom stereocenters. The molecule has 20 heavy (non-hydrogen) atoms. The van der Waals surface area contributed by atoms with Gasteiger partial charge in [-0.25, -0.2) is 9.18 Å². The van der Waals surface area contributed by atoms with Gasteiger partial charge >= 0.3 is 13.9 Å². The lowest BCUT2D eigenvalue weighted by Gasteiger charge is -2.13. The molecule has 0 bridgehead atoms. The van der Waals surface area contributed by atoms with Gasteiger partial charge in [0.05, 0.1) is 6.04 Å². The van der Waals surface area contributed by atoms with Gasteiger partial charge in [0.25, 0.3) is 0 Å². The molecule has 1 heterocycles. The van der Waals surface area contributed by atoms with Crippen molar-refractivity contribution in [3.63, 3.8) is 0 Å². The number of rotatable bonds is 5. The summed E-state index contributed by atoms with van der Waals surface area (Å²) in [5, 5.41) is 0. The van der Waals surface area contributed by atoms with Gasteiger partial charge in [-0.15, -0.1) is 4.52 Å². The second-order valence-corrected chi connectivity index (χ2v) is 4.73. The molecular formula is C10H11FN3O5P. The van der Waals surface area contributed by atoms with E-state index in [0.29, 0.717) is 0 Å². The third kappa shape index (κ3) is 3.45. The summed E-state index contributed by atoms with van der Waals surface area (Å²) in [6.45, 7) is -0.577. The molecular weight excluding hydrogens is 292 g/mol. The third-order valence-electron chi connectivity index (χ3n) is 2.75. The van der Waals surface area contributed by atoms with E-state index in [1.54, 1.807) is 0 Å². The predicted octanol–water partition coefficient (Wildman–Crippen LogP) is 0.000700. The molecule has 1 aromatic heterocycles. The Morgan fingerprint density at radius 1 is 1.65 bits per heavy atom. The average molecular weight is 303 g/mol. The highest BCUT2D eigenvalue weighted by Crippen LogP contribution is 2.31. The quantitative estimate of drug-likeness (QED) is 0.600. The number of ether oxygens (including phenoxy) is 1. The summed E-state index contributed by atoms with van der Waals surface area (Å²) < 4.78 is 34.1. The van der Waals surface area contributed by atoms with E-state index >= 15 is 0 Å². The number of anilines is 1. The van der Waals surface area contributed by atoms with Crippen LogP contribution in [0.5, 0.6) is 0 Å². The van der Waals surface area contributed by atoms with Crippen molar-refractivity contribution >= 4 is 14.1 Å². The van der Waals surface area contributed by atoms with E-state index in [1.165, 1.54) is 22.9 Å². The van der Waals surface area contributed by atoms with Crippen molar-refractivity contribution in [3.05, 3.63) is 34.7 Å². The molecule has 0 saturated carbocycles. The Bertz CT molecular complexity index is 605.